The van der Waals surface area contributed by atoms with Gasteiger partial charge in [0, 0.05) is 16.8 Å². The minimum Gasteiger partial charge on any atom is -0.322 e. The van der Waals surface area contributed by atoms with Crippen LogP contribution in [0.4, 0.5) is 14.5 Å². The van der Waals surface area contributed by atoms with Gasteiger partial charge in [-0.15, -0.1) is 6.42 Å². The Kier molecular flexibility index (Phi) is 3.58. The maximum Gasteiger partial charge on any atom is 0.255 e. The van der Waals surface area contributed by atoms with E-state index >= 15 is 0 Å². The number of rotatable bonds is 2. The normalized spacial score (nSPS) is 9.74. The Hall–Kier alpha value is -2.67. The summed E-state index contributed by atoms with van der Waals surface area (Å²) in [5.74, 6) is -0.157. The number of halogens is 2. The van der Waals surface area contributed by atoms with E-state index in [-0.39, 0.29) is 5.56 Å². The maximum atomic E-state index is 13.0. The first-order valence-corrected chi connectivity index (χ1v) is 5.43. The monoisotopic (exact) mass is 257 g/mol. The zero-order chi connectivity index (χ0) is 13.8. The molecule has 0 atom stereocenters. The Bertz CT molecular complexity index is 674. The molecule has 0 aliphatic heterocycles. The minimum absolute atomic E-state index is 0.0324. The first-order valence-electron chi connectivity index (χ1n) is 5.43. The fourth-order valence-electron chi connectivity index (χ4n) is 1.53. The van der Waals surface area contributed by atoms with E-state index in [0.29, 0.717) is 11.3 Å². The fraction of sp³-hybridized carbons (Fsp3) is 0. The predicted octanol–water partition coefficient (Wildman–Crippen LogP) is 3.20. The second kappa shape index (κ2) is 5.32. The molecule has 2 nitrogen and oxygen atoms in total. The molecule has 2 rings (SSSR count). The molecule has 0 unspecified atom stereocenters. The van der Waals surface area contributed by atoms with Crippen molar-refractivity contribution in [1.29, 1.82) is 0 Å². The first kappa shape index (κ1) is 12.8. The van der Waals surface area contributed by atoms with Crippen molar-refractivity contribution in [2.24, 2.45) is 0 Å². The van der Waals surface area contributed by atoms with E-state index in [1.165, 1.54) is 6.07 Å². The van der Waals surface area contributed by atoms with E-state index in [9.17, 15) is 13.6 Å². The summed E-state index contributed by atoms with van der Waals surface area (Å²) in [4.78, 5) is 11.8. The zero-order valence-corrected chi connectivity index (χ0v) is 9.78. The molecule has 0 fully saturated rings. The fourth-order valence-corrected chi connectivity index (χ4v) is 1.53. The molecule has 0 spiro atoms. The smallest absolute Gasteiger partial charge is 0.255 e. The van der Waals surface area contributed by atoms with Gasteiger partial charge in [0.2, 0.25) is 0 Å². The van der Waals surface area contributed by atoms with Gasteiger partial charge in [-0.25, -0.2) is 8.78 Å². The van der Waals surface area contributed by atoms with E-state index in [2.05, 4.69) is 11.2 Å². The Morgan fingerprint density at radius 1 is 1.11 bits per heavy atom. The molecule has 0 saturated carbocycles. The largest absolute Gasteiger partial charge is 0.322 e. The number of amides is 1. The van der Waals surface area contributed by atoms with Crippen LogP contribution in [-0.2, 0) is 0 Å². The number of benzene rings is 2. The average Bonchev–Trinajstić information content (AvgIpc) is 2.42. The molecule has 0 radical (unpaired) electrons. The van der Waals surface area contributed by atoms with Gasteiger partial charge >= 0.3 is 0 Å². The molecule has 19 heavy (non-hydrogen) atoms. The number of carbonyl (C=O) groups is 1. The summed E-state index contributed by atoms with van der Waals surface area (Å²) in [7, 11) is 0. The van der Waals surface area contributed by atoms with Crippen LogP contribution in [-0.4, -0.2) is 5.91 Å². The standard InChI is InChI=1S/C15H9F2NO/c1-2-10-4-3-5-12(8-10)18-15(19)11-6-7-13(16)14(17)9-11/h1,3-9H,(H,18,19). The van der Waals surface area contributed by atoms with Crippen molar-refractivity contribution >= 4 is 11.6 Å². The molecule has 2 aromatic rings. The van der Waals surface area contributed by atoms with E-state index in [1.54, 1.807) is 24.3 Å². The number of carbonyl (C=O) groups excluding carboxylic acids is 1. The van der Waals surface area contributed by atoms with Gasteiger partial charge in [-0.1, -0.05) is 12.0 Å². The van der Waals surface area contributed by atoms with Gasteiger partial charge < -0.3 is 5.32 Å². The highest BCUT2D eigenvalue weighted by molar-refractivity contribution is 6.04. The highest BCUT2D eigenvalue weighted by atomic mass is 19.2. The third-order valence-corrected chi connectivity index (χ3v) is 2.47. The minimum atomic E-state index is -1.06. The highest BCUT2D eigenvalue weighted by Crippen LogP contribution is 2.13. The Morgan fingerprint density at radius 2 is 1.89 bits per heavy atom. The van der Waals surface area contributed by atoms with Gasteiger partial charge in [0.05, 0.1) is 0 Å². The van der Waals surface area contributed by atoms with Crippen LogP contribution in [0.2, 0.25) is 0 Å². The number of anilines is 1. The van der Waals surface area contributed by atoms with Crippen LogP contribution in [0, 0.1) is 24.0 Å². The van der Waals surface area contributed by atoms with E-state index in [1.807, 2.05) is 0 Å². The maximum absolute atomic E-state index is 13.0. The Morgan fingerprint density at radius 3 is 2.58 bits per heavy atom. The molecule has 0 aliphatic rings. The summed E-state index contributed by atoms with van der Waals surface area (Å²) in [5, 5.41) is 2.56. The van der Waals surface area contributed by atoms with Crippen LogP contribution in [0.3, 0.4) is 0 Å². The number of nitrogens with one attached hydrogen (secondary N) is 1. The van der Waals surface area contributed by atoms with Gasteiger partial charge in [0.15, 0.2) is 11.6 Å². The van der Waals surface area contributed by atoms with Crippen LogP contribution < -0.4 is 5.32 Å². The lowest BCUT2D eigenvalue weighted by molar-refractivity contribution is 0.102. The SMILES string of the molecule is C#Cc1cccc(NC(=O)c2ccc(F)c(F)c2)c1. The second-order valence-electron chi connectivity index (χ2n) is 3.81. The molecular weight excluding hydrogens is 248 g/mol. The topological polar surface area (TPSA) is 29.1 Å². The van der Waals surface area contributed by atoms with Gasteiger partial charge in [-0.05, 0) is 36.4 Å². The summed E-state index contributed by atoms with van der Waals surface area (Å²) < 4.78 is 25.8. The Labute approximate surface area is 109 Å². The first-order chi connectivity index (χ1) is 9.10. The number of hydrogen-bond acceptors (Lipinski definition) is 1. The van der Waals surface area contributed by atoms with Crippen LogP contribution in [0.15, 0.2) is 42.5 Å². The van der Waals surface area contributed by atoms with Crippen LogP contribution in [0.1, 0.15) is 15.9 Å². The van der Waals surface area contributed by atoms with Crippen molar-refractivity contribution in [1.82, 2.24) is 0 Å². The molecule has 0 bridgehead atoms. The van der Waals surface area contributed by atoms with Crippen LogP contribution in [0.25, 0.3) is 0 Å². The number of hydrogen-bond donors (Lipinski definition) is 1. The molecule has 1 amide bonds. The van der Waals surface area contributed by atoms with E-state index in [4.69, 9.17) is 6.42 Å². The van der Waals surface area contributed by atoms with Crippen LogP contribution in [0.5, 0.6) is 0 Å². The molecular formula is C15H9F2NO. The van der Waals surface area contributed by atoms with Crippen molar-refractivity contribution < 1.29 is 13.6 Å². The highest BCUT2D eigenvalue weighted by Gasteiger charge is 2.09. The molecule has 0 aromatic heterocycles. The molecule has 0 saturated heterocycles. The average molecular weight is 257 g/mol. The summed E-state index contributed by atoms with van der Waals surface area (Å²) >= 11 is 0. The van der Waals surface area contributed by atoms with Crippen molar-refractivity contribution in [3.63, 3.8) is 0 Å². The third kappa shape index (κ3) is 2.96. The van der Waals surface area contributed by atoms with Crippen molar-refractivity contribution in [2.45, 2.75) is 0 Å². The molecule has 1 N–H and O–H groups in total. The van der Waals surface area contributed by atoms with E-state index < -0.39 is 17.5 Å². The summed E-state index contributed by atoms with van der Waals surface area (Å²) in [5.41, 5.74) is 1.14. The van der Waals surface area contributed by atoms with Gasteiger partial charge in [0.1, 0.15) is 0 Å². The second-order valence-corrected chi connectivity index (χ2v) is 3.81. The summed E-state index contributed by atoms with van der Waals surface area (Å²) in [6.45, 7) is 0. The van der Waals surface area contributed by atoms with Crippen molar-refractivity contribution in [3.8, 4) is 12.3 Å². The van der Waals surface area contributed by atoms with Crippen molar-refractivity contribution in [2.75, 3.05) is 5.32 Å². The molecule has 2 aromatic carbocycles. The molecule has 94 valence electrons. The molecule has 4 heteroatoms. The lowest BCUT2D eigenvalue weighted by atomic mass is 10.1. The van der Waals surface area contributed by atoms with Crippen molar-refractivity contribution in [3.05, 3.63) is 65.2 Å². The van der Waals surface area contributed by atoms with Gasteiger partial charge in [-0.3, -0.25) is 4.79 Å². The predicted molar refractivity (Wildman–Crippen MR) is 68.7 cm³/mol. The quantitative estimate of drug-likeness (QED) is 0.822. The summed E-state index contributed by atoms with van der Waals surface area (Å²) in [6, 6.07) is 9.62. The lowest BCUT2D eigenvalue weighted by Gasteiger charge is -2.06. The lowest BCUT2D eigenvalue weighted by Crippen LogP contribution is -2.12. The molecule has 0 aliphatic carbocycles. The van der Waals surface area contributed by atoms with Crippen LogP contribution >= 0.6 is 0 Å². The summed E-state index contributed by atoms with van der Waals surface area (Å²) in [6.07, 6.45) is 5.24. The number of terminal acetylenes is 1. The van der Waals surface area contributed by atoms with E-state index in [0.717, 1.165) is 12.1 Å². The third-order valence-electron chi connectivity index (χ3n) is 2.47. The molecule has 0 heterocycles. The zero-order valence-electron chi connectivity index (χ0n) is 9.78. The Balaban J connectivity index is 2.21. The van der Waals surface area contributed by atoms with Gasteiger partial charge in [-0.2, -0.15) is 0 Å². The van der Waals surface area contributed by atoms with Gasteiger partial charge in [0.25, 0.3) is 5.91 Å².